The molecule has 0 spiro atoms. The van der Waals surface area contributed by atoms with E-state index >= 15 is 0 Å². The van der Waals surface area contributed by atoms with Gasteiger partial charge in [0.25, 0.3) is 0 Å². The van der Waals surface area contributed by atoms with Crippen LogP contribution in [-0.2, 0) is 17.1 Å². The average Bonchev–Trinajstić information content (AvgIpc) is 3.24. The average molecular weight is 373 g/mol. The summed E-state index contributed by atoms with van der Waals surface area (Å²) in [4.78, 5) is 17.6. The Labute approximate surface area is 155 Å². The Kier molecular flexibility index (Phi) is 5.94. The minimum atomic E-state index is 0.0401. The van der Waals surface area contributed by atoms with Crippen LogP contribution in [0.25, 0.3) is 11.5 Å². The fourth-order valence-electron chi connectivity index (χ4n) is 2.27. The number of thioether (sulfide) groups is 1. The highest BCUT2D eigenvalue weighted by molar-refractivity contribution is 7.99. The highest BCUT2D eigenvalue weighted by Crippen LogP contribution is 2.24. The van der Waals surface area contributed by atoms with Gasteiger partial charge < -0.3 is 9.73 Å². The maximum Gasteiger partial charge on any atom is 0.230 e. The van der Waals surface area contributed by atoms with Gasteiger partial charge in [-0.15, -0.1) is 23.1 Å². The number of rotatable bonds is 7. The van der Waals surface area contributed by atoms with Gasteiger partial charge >= 0.3 is 0 Å². The summed E-state index contributed by atoms with van der Waals surface area (Å²) in [6.45, 7) is 4.56. The van der Waals surface area contributed by atoms with E-state index in [1.54, 1.807) is 23.1 Å². The molecule has 2 heterocycles. The second-order valence-electron chi connectivity index (χ2n) is 5.74. The molecule has 4 nitrogen and oxygen atoms in total. The molecule has 0 aliphatic carbocycles. The Morgan fingerprint density at radius 1 is 1.24 bits per heavy atom. The third-order valence-corrected chi connectivity index (χ3v) is 5.52. The maximum absolute atomic E-state index is 11.9. The van der Waals surface area contributed by atoms with Crippen LogP contribution in [0.4, 0.5) is 0 Å². The molecular formula is C19H20N2O2S2. The van der Waals surface area contributed by atoms with Gasteiger partial charge in [0.15, 0.2) is 0 Å². The van der Waals surface area contributed by atoms with E-state index in [1.807, 2.05) is 48.7 Å². The summed E-state index contributed by atoms with van der Waals surface area (Å²) >= 11 is 3.19. The second kappa shape index (κ2) is 8.36. The molecule has 2 aromatic heterocycles. The molecule has 130 valence electrons. The van der Waals surface area contributed by atoms with E-state index in [2.05, 4.69) is 17.2 Å². The topological polar surface area (TPSA) is 55.1 Å². The number of nitrogens with zero attached hydrogens (tertiary/aromatic N) is 1. The number of oxazole rings is 1. The zero-order valence-corrected chi connectivity index (χ0v) is 15.9. The van der Waals surface area contributed by atoms with Crippen molar-refractivity contribution in [3.8, 4) is 11.5 Å². The molecule has 0 saturated heterocycles. The van der Waals surface area contributed by atoms with Crippen molar-refractivity contribution in [1.82, 2.24) is 10.3 Å². The van der Waals surface area contributed by atoms with E-state index in [9.17, 15) is 4.79 Å². The van der Waals surface area contributed by atoms with Gasteiger partial charge in [0.2, 0.25) is 11.8 Å². The van der Waals surface area contributed by atoms with Gasteiger partial charge in [0, 0.05) is 16.2 Å². The van der Waals surface area contributed by atoms with E-state index in [-0.39, 0.29) is 5.91 Å². The zero-order valence-electron chi connectivity index (χ0n) is 14.2. The molecule has 1 amide bonds. The van der Waals surface area contributed by atoms with Crippen LogP contribution in [0.15, 0.2) is 46.2 Å². The smallest absolute Gasteiger partial charge is 0.230 e. The largest absolute Gasteiger partial charge is 0.441 e. The molecule has 0 saturated carbocycles. The first-order valence-electron chi connectivity index (χ1n) is 8.02. The van der Waals surface area contributed by atoms with E-state index in [1.165, 1.54) is 5.56 Å². The number of benzene rings is 1. The summed E-state index contributed by atoms with van der Waals surface area (Å²) in [5.41, 5.74) is 3.07. The van der Waals surface area contributed by atoms with Gasteiger partial charge in [-0.3, -0.25) is 4.79 Å². The van der Waals surface area contributed by atoms with Gasteiger partial charge in [-0.1, -0.05) is 23.8 Å². The van der Waals surface area contributed by atoms with Crippen LogP contribution >= 0.6 is 23.1 Å². The van der Waals surface area contributed by atoms with Gasteiger partial charge in [0.05, 0.1) is 18.0 Å². The molecule has 3 rings (SSSR count). The lowest BCUT2D eigenvalue weighted by atomic mass is 10.1. The van der Waals surface area contributed by atoms with Crippen LogP contribution in [0.5, 0.6) is 0 Å². The first-order chi connectivity index (χ1) is 12.1. The van der Waals surface area contributed by atoms with Crippen molar-refractivity contribution >= 4 is 29.0 Å². The minimum Gasteiger partial charge on any atom is -0.441 e. The van der Waals surface area contributed by atoms with E-state index in [4.69, 9.17) is 4.42 Å². The van der Waals surface area contributed by atoms with Gasteiger partial charge in [0.1, 0.15) is 5.76 Å². The Bertz CT molecular complexity index is 824. The fraction of sp³-hybridized carbons (Fsp3) is 0.263. The molecule has 0 atom stereocenters. The van der Waals surface area contributed by atoms with Crippen LogP contribution in [0, 0.1) is 13.8 Å². The molecule has 3 aromatic rings. The Morgan fingerprint density at radius 3 is 2.76 bits per heavy atom. The van der Waals surface area contributed by atoms with Crippen molar-refractivity contribution in [2.75, 3.05) is 5.75 Å². The summed E-state index contributed by atoms with van der Waals surface area (Å²) in [6, 6.07) is 12.1. The fourth-order valence-corrected chi connectivity index (χ4v) is 3.77. The predicted octanol–water partition coefficient (Wildman–Crippen LogP) is 4.57. The van der Waals surface area contributed by atoms with E-state index in [0.29, 0.717) is 23.9 Å². The van der Waals surface area contributed by atoms with Crippen molar-refractivity contribution in [2.45, 2.75) is 26.1 Å². The number of aromatic nitrogens is 1. The molecule has 0 aliphatic rings. The lowest BCUT2D eigenvalue weighted by molar-refractivity contribution is -0.118. The molecule has 0 fully saturated rings. The predicted molar refractivity (Wildman–Crippen MR) is 104 cm³/mol. The van der Waals surface area contributed by atoms with Crippen LogP contribution in [-0.4, -0.2) is 16.6 Å². The monoisotopic (exact) mass is 372 g/mol. The van der Waals surface area contributed by atoms with Crippen LogP contribution < -0.4 is 5.32 Å². The van der Waals surface area contributed by atoms with E-state index in [0.717, 1.165) is 21.9 Å². The molecule has 0 aliphatic heterocycles. The summed E-state index contributed by atoms with van der Waals surface area (Å²) in [7, 11) is 0. The van der Waals surface area contributed by atoms with Crippen molar-refractivity contribution in [2.24, 2.45) is 0 Å². The third kappa shape index (κ3) is 4.96. The van der Waals surface area contributed by atoms with Gasteiger partial charge in [-0.05, 0) is 37.4 Å². The molecule has 0 radical (unpaired) electrons. The molecule has 6 heteroatoms. The normalized spacial score (nSPS) is 10.8. The number of nitrogens with one attached hydrogen (secondary N) is 1. The molecule has 1 N–H and O–H groups in total. The highest BCUT2D eigenvalue weighted by atomic mass is 32.2. The molecule has 1 aromatic carbocycles. The number of aryl methyl sites for hydroxylation is 2. The van der Waals surface area contributed by atoms with Gasteiger partial charge in [-0.2, -0.15) is 0 Å². The van der Waals surface area contributed by atoms with Crippen molar-refractivity contribution in [3.05, 3.63) is 63.7 Å². The summed E-state index contributed by atoms with van der Waals surface area (Å²) in [5.74, 6) is 2.56. The lowest BCUT2D eigenvalue weighted by Gasteiger charge is -2.03. The number of hydrogen-bond donors (Lipinski definition) is 1. The molecular weight excluding hydrogens is 352 g/mol. The first-order valence-corrected chi connectivity index (χ1v) is 10.1. The number of carbonyl (C=O) groups excluding carboxylic acids is 1. The second-order valence-corrected chi connectivity index (χ2v) is 7.75. The van der Waals surface area contributed by atoms with Crippen molar-refractivity contribution < 1.29 is 9.21 Å². The van der Waals surface area contributed by atoms with Crippen molar-refractivity contribution in [3.63, 3.8) is 0 Å². The quantitative estimate of drug-likeness (QED) is 0.660. The maximum atomic E-state index is 11.9. The van der Waals surface area contributed by atoms with Crippen molar-refractivity contribution in [1.29, 1.82) is 0 Å². The van der Waals surface area contributed by atoms with Crippen LogP contribution in [0.2, 0.25) is 0 Å². The first kappa shape index (κ1) is 17.8. The Morgan fingerprint density at radius 2 is 2.04 bits per heavy atom. The SMILES string of the molecule is Cc1ccc(-c2nc(CSCC(=O)NCc3cccs3)c(C)o2)cc1. The number of amides is 1. The summed E-state index contributed by atoms with van der Waals surface area (Å²) in [6.07, 6.45) is 0. The molecule has 0 unspecified atom stereocenters. The van der Waals surface area contributed by atoms with Gasteiger partial charge in [-0.25, -0.2) is 4.98 Å². The molecule has 25 heavy (non-hydrogen) atoms. The summed E-state index contributed by atoms with van der Waals surface area (Å²) in [5, 5.41) is 4.94. The third-order valence-electron chi connectivity index (χ3n) is 3.70. The highest BCUT2D eigenvalue weighted by Gasteiger charge is 2.12. The lowest BCUT2D eigenvalue weighted by Crippen LogP contribution is -2.24. The standard InChI is InChI=1S/C19H20N2O2S2/c1-13-5-7-15(8-6-13)19-21-17(14(2)23-19)11-24-12-18(22)20-10-16-4-3-9-25-16/h3-9H,10-12H2,1-2H3,(H,20,22). The van der Waals surface area contributed by atoms with Crippen LogP contribution in [0.1, 0.15) is 21.9 Å². The summed E-state index contributed by atoms with van der Waals surface area (Å²) < 4.78 is 5.77. The number of hydrogen-bond acceptors (Lipinski definition) is 5. The minimum absolute atomic E-state index is 0.0401. The van der Waals surface area contributed by atoms with Crippen LogP contribution in [0.3, 0.4) is 0 Å². The number of carbonyl (C=O) groups is 1. The van der Waals surface area contributed by atoms with E-state index < -0.39 is 0 Å². The Balaban J connectivity index is 1.49. The zero-order chi connectivity index (χ0) is 17.6. The Hall–Kier alpha value is -2.05. The number of thiophene rings is 1. The molecule has 0 bridgehead atoms.